The minimum absolute atomic E-state index is 0.740. The molecule has 3 heteroatoms. The molecule has 0 bridgehead atoms. The van der Waals surface area contributed by atoms with Gasteiger partial charge in [0.15, 0.2) is 0 Å². The zero-order valence-corrected chi connectivity index (χ0v) is 7.51. The number of aliphatic hydroxyl groups is 2. The Morgan fingerprint density at radius 2 is 2.17 bits per heavy atom. The van der Waals surface area contributed by atoms with Crippen molar-refractivity contribution in [3.8, 4) is 0 Å². The molecule has 1 aliphatic carbocycles. The van der Waals surface area contributed by atoms with Gasteiger partial charge in [-0.1, -0.05) is 6.08 Å². The number of fused-ring (bicyclic) bond motifs is 1. The minimum atomic E-state index is -0.745. The van der Waals surface area contributed by atoms with Gasteiger partial charge in [0.25, 0.3) is 0 Å². The van der Waals surface area contributed by atoms with E-state index in [2.05, 4.69) is 0 Å². The zero-order chi connectivity index (χ0) is 8.72. The molecule has 1 aromatic rings. The molecule has 0 radical (unpaired) electrons. The Balaban J connectivity index is 2.55. The lowest BCUT2D eigenvalue weighted by molar-refractivity contribution is 0.0470. The molecule has 0 spiro atoms. The molecule has 2 N–H and O–H groups in total. The van der Waals surface area contributed by atoms with Gasteiger partial charge in [-0.3, -0.25) is 0 Å². The molecule has 0 unspecified atom stereocenters. The van der Waals surface area contributed by atoms with E-state index in [1.54, 1.807) is 17.4 Å². The predicted molar refractivity (Wildman–Crippen MR) is 49.1 cm³/mol. The van der Waals surface area contributed by atoms with Crippen molar-refractivity contribution < 1.29 is 10.2 Å². The Morgan fingerprint density at radius 1 is 1.42 bits per heavy atom. The van der Waals surface area contributed by atoms with Crippen molar-refractivity contribution in [2.45, 2.75) is 19.1 Å². The van der Waals surface area contributed by atoms with Crippen molar-refractivity contribution >= 4 is 17.4 Å². The van der Waals surface area contributed by atoms with E-state index >= 15 is 0 Å². The van der Waals surface area contributed by atoms with Crippen LogP contribution in [0, 0.1) is 6.92 Å². The second-order valence-corrected chi connectivity index (χ2v) is 3.90. The normalized spacial score (nSPS) is 27.2. The number of aryl methyl sites for hydroxylation is 1. The first-order chi connectivity index (χ1) is 5.70. The van der Waals surface area contributed by atoms with Gasteiger partial charge in [0.2, 0.25) is 0 Å². The average molecular weight is 182 g/mol. The summed E-state index contributed by atoms with van der Waals surface area (Å²) in [7, 11) is 0. The van der Waals surface area contributed by atoms with Crippen molar-refractivity contribution in [1.29, 1.82) is 0 Å². The number of rotatable bonds is 0. The number of hydrogen-bond donors (Lipinski definition) is 2. The van der Waals surface area contributed by atoms with E-state index in [0.717, 1.165) is 16.0 Å². The third-order valence-corrected chi connectivity index (χ3v) is 3.20. The molecule has 1 aromatic heterocycles. The Morgan fingerprint density at radius 3 is 2.92 bits per heavy atom. The molecule has 2 nitrogen and oxygen atoms in total. The van der Waals surface area contributed by atoms with Crippen molar-refractivity contribution in [2.75, 3.05) is 0 Å². The third-order valence-electron chi connectivity index (χ3n) is 2.12. The largest absolute Gasteiger partial charge is 0.386 e. The highest BCUT2D eigenvalue weighted by Gasteiger charge is 2.24. The van der Waals surface area contributed by atoms with Crippen LogP contribution in [0.15, 0.2) is 11.5 Å². The van der Waals surface area contributed by atoms with Crippen LogP contribution in [0.3, 0.4) is 0 Å². The van der Waals surface area contributed by atoms with Crippen LogP contribution in [-0.4, -0.2) is 16.3 Å². The summed E-state index contributed by atoms with van der Waals surface area (Å²) in [6.07, 6.45) is 2.01. The average Bonchev–Trinajstić information content (AvgIpc) is 2.41. The van der Waals surface area contributed by atoms with Crippen LogP contribution in [-0.2, 0) is 0 Å². The smallest absolute Gasteiger partial charge is 0.110 e. The first-order valence-corrected chi connectivity index (χ1v) is 4.70. The molecule has 0 fully saturated rings. The summed E-state index contributed by atoms with van der Waals surface area (Å²) in [5, 5.41) is 20.9. The number of hydrogen-bond acceptors (Lipinski definition) is 3. The van der Waals surface area contributed by atoms with Gasteiger partial charge in [0.1, 0.15) is 12.2 Å². The fourth-order valence-corrected chi connectivity index (χ4v) is 2.44. The molecule has 0 aliphatic heterocycles. The number of aliphatic hydroxyl groups excluding tert-OH is 2. The van der Waals surface area contributed by atoms with Gasteiger partial charge >= 0.3 is 0 Å². The van der Waals surface area contributed by atoms with Gasteiger partial charge in [-0.2, -0.15) is 0 Å². The maximum atomic E-state index is 9.60. The molecule has 64 valence electrons. The first kappa shape index (κ1) is 7.98. The highest BCUT2D eigenvalue weighted by Crippen LogP contribution is 2.34. The lowest BCUT2D eigenvalue weighted by Gasteiger charge is -2.19. The highest BCUT2D eigenvalue weighted by atomic mass is 32.1. The fraction of sp³-hybridized carbons (Fsp3) is 0.333. The van der Waals surface area contributed by atoms with Gasteiger partial charge in [-0.15, -0.1) is 11.3 Å². The topological polar surface area (TPSA) is 40.5 Å². The van der Waals surface area contributed by atoms with E-state index in [9.17, 15) is 10.2 Å². The summed E-state index contributed by atoms with van der Waals surface area (Å²) in [5.74, 6) is 0. The van der Waals surface area contributed by atoms with Crippen molar-refractivity contribution in [2.24, 2.45) is 0 Å². The van der Waals surface area contributed by atoms with Crippen LogP contribution >= 0.6 is 11.3 Å². The summed E-state index contributed by atoms with van der Waals surface area (Å²) in [6.45, 7) is 1.95. The molecule has 0 saturated carbocycles. The molecule has 0 saturated heterocycles. The van der Waals surface area contributed by atoms with Gasteiger partial charge in [-0.05, 0) is 23.9 Å². The molecule has 2 rings (SSSR count). The Bertz CT molecular complexity index is 327. The highest BCUT2D eigenvalue weighted by molar-refractivity contribution is 7.11. The van der Waals surface area contributed by atoms with Gasteiger partial charge in [-0.25, -0.2) is 0 Å². The standard InChI is InChI=1S/C9H10O2S/c1-5-4-12-7-3-2-6(10)9(11)8(5)7/h2-4,6,9-11H,1H3/t6-,9-/m0/s1. The second kappa shape index (κ2) is 2.69. The van der Waals surface area contributed by atoms with Gasteiger partial charge in [0.05, 0.1) is 0 Å². The lowest BCUT2D eigenvalue weighted by atomic mass is 9.96. The first-order valence-electron chi connectivity index (χ1n) is 3.82. The molecular formula is C9H10O2S. The van der Waals surface area contributed by atoms with E-state index in [-0.39, 0.29) is 0 Å². The third kappa shape index (κ3) is 1.02. The van der Waals surface area contributed by atoms with Crippen LogP contribution in [0.1, 0.15) is 22.1 Å². The molecule has 2 atom stereocenters. The summed E-state index contributed by atoms with van der Waals surface area (Å²) >= 11 is 1.60. The Labute approximate surface area is 74.8 Å². The summed E-state index contributed by atoms with van der Waals surface area (Å²) in [4.78, 5) is 1.06. The molecule has 1 heterocycles. The lowest BCUT2D eigenvalue weighted by Crippen LogP contribution is -2.18. The van der Waals surface area contributed by atoms with Crippen molar-refractivity contribution in [1.82, 2.24) is 0 Å². The Hall–Kier alpha value is -0.640. The van der Waals surface area contributed by atoms with E-state index in [4.69, 9.17) is 0 Å². The molecule has 0 aromatic carbocycles. The van der Waals surface area contributed by atoms with Crippen LogP contribution in [0.4, 0.5) is 0 Å². The van der Waals surface area contributed by atoms with Crippen LogP contribution < -0.4 is 0 Å². The second-order valence-electron chi connectivity index (χ2n) is 2.99. The molecule has 1 aliphatic rings. The monoisotopic (exact) mass is 182 g/mol. The van der Waals surface area contributed by atoms with Gasteiger partial charge < -0.3 is 10.2 Å². The van der Waals surface area contributed by atoms with E-state index < -0.39 is 12.2 Å². The molecule has 0 amide bonds. The Kier molecular flexibility index (Phi) is 1.79. The van der Waals surface area contributed by atoms with E-state index in [0.29, 0.717) is 0 Å². The summed E-state index contributed by atoms with van der Waals surface area (Å²) < 4.78 is 0. The van der Waals surface area contributed by atoms with Crippen molar-refractivity contribution in [3.05, 3.63) is 27.5 Å². The van der Waals surface area contributed by atoms with Crippen molar-refractivity contribution in [3.63, 3.8) is 0 Å². The summed E-state index contributed by atoms with van der Waals surface area (Å²) in [5.41, 5.74) is 1.95. The molecule has 12 heavy (non-hydrogen) atoms. The maximum absolute atomic E-state index is 9.60. The van der Waals surface area contributed by atoms with Crippen LogP contribution in [0.25, 0.3) is 6.08 Å². The quantitative estimate of drug-likeness (QED) is 0.638. The number of thiophene rings is 1. The minimum Gasteiger partial charge on any atom is -0.386 e. The maximum Gasteiger partial charge on any atom is 0.110 e. The predicted octanol–water partition coefficient (Wildman–Crippen LogP) is 1.48. The fourth-order valence-electron chi connectivity index (χ4n) is 1.44. The van der Waals surface area contributed by atoms with Crippen LogP contribution in [0.5, 0.6) is 0 Å². The van der Waals surface area contributed by atoms with Gasteiger partial charge in [0, 0.05) is 10.4 Å². The summed E-state index contributed by atoms with van der Waals surface area (Å²) in [6, 6.07) is 0. The van der Waals surface area contributed by atoms with E-state index in [1.807, 2.05) is 18.4 Å². The van der Waals surface area contributed by atoms with E-state index in [1.165, 1.54) is 0 Å². The molecular weight excluding hydrogens is 172 g/mol. The SMILES string of the molecule is Cc1csc2c1[C@@H](O)[C@@H](O)C=C2. The zero-order valence-electron chi connectivity index (χ0n) is 6.69. The van der Waals surface area contributed by atoms with Crippen LogP contribution in [0.2, 0.25) is 0 Å².